The number of benzene rings is 1. The molecule has 20 heavy (non-hydrogen) atoms. The van der Waals surface area contributed by atoms with E-state index in [0.29, 0.717) is 6.42 Å². The van der Waals surface area contributed by atoms with Gasteiger partial charge < -0.3 is 16.0 Å². The molecule has 1 atom stereocenters. The van der Waals surface area contributed by atoms with Crippen molar-refractivity contribution in [2.24, 2.45) is 5.73 Å². The molecule has 0 saturated carbocycles. The van der Waals surface area contributed by atoms with Crippen molar-refractivity contribution in [1.82, 2.24) is 5.32 Å². The molecule has 110 valence electrons. The molecule has 1 fully saturated rings. The number of nitrogens with two attached hydrogens (primary N) is 1. The molecule has 0 radical (unpaired) electrons. The Morgan fingerprint density at radius 2 is 2.05 bits per heavy atom. The van der Waals surface area contributed by atoms with Crippen LogP contribution < -0.4 is 16.0 Å². The fourth-order valence-corrected chi connectivity index (χ4v) is 2.25. The third-order valence-electron chi connectivity index (χ3n) is 3.34. The minimum absolute atomic E-state index is 0. The zero-order chi connectivity index (χ0) is 13.8. The maximum atomic E-state index is 11.6. The summed E-state index contributed by atoms with van der Waals surface area (Å²) in [6.07, 6.45) is 1.55. The summed E-state index contributed by atoms with van der Waals surface area (Å²) in [6.45, 7) is 2.69. The van der Waals surface area contributed by atoms with Crippen LogP contribution in [-0.4, -0.2) is 24.9 Å². The molecule has 5 nitrogen and oxygen atoms in total. The van der Waals surface area contributed by atoms with Crippen LogP contribution in [0.1, 0.15) is 31.4 Å². The predicted octanol–water partition coefficient (Wildman–Crippen LogP) is 1.37. The van der Waals surface area contributed by atoms with Crippen molar-refractivity contribution in [3.63, 3.8) is 0 Å². The molecule has 0 spiro atoms. The van der Waals surface area contributed by atoms with Crippen LogP contribution in [0.4, 0.5) is 5.69 Å². The van der Waals surface area contributed by atoms with Crippen molar-refractivity contribution in [3.05, 3.63) is 29.8 Å². The Morgan fingerprint density at radius 3 is 2.55 bits per heavy atom. The molecule has 6 heteroatoms. The lowest BCUT2D eigenvalue weighted by Gasteiger charge is -2.18. The summed E-state index contributed by atoms with van der Waals surface area (Å²) in [6, 6.07) is 7.62. The Hall–Kier alpha value is -1.59. The van der Waals surface area contributed by atoms with Gasteiger partial charge in [0.05, 0.1) is 12.6 Å². The number of carbonyl (C=O) groups is 2. The number of rotatable bonds is 4. The minimum Gasteiger partial charge on any atom is -0.348 e. The molecular weight excluding hydrogens is 278 g/mol. The van der Waals surface area contributed by atoms with E-state index in [4.69, 9.17) is 5.73 Å². The summed E-state index contributed by atoms with van der Waals surface area (Å²) in [7, 11) is 0. The van der Waals surface area contributed by atoms with Gasteiger partial charge in [-0.25, -0.2) is 0 Å². The lowest BCUT2D eigenvalue weighted by atomic mass is 10.1. The number of halogens is 1. The molecule has 0 aliphatic carbocycles. The summed E-state index contributed by atoms with van der Waals surface area (Å²) < 4.78 is 0. The van der Waals surface area contributed by atoms with Crippen LogP contribution >= 0.6 is 12.4 Å². The molecule has 0 bridgehead atoms. The summed E-state index contributed by atoms with van der Waals surface area (Å²) >= 11 is 0. The molecule has 1 aliphatic rings. The van der Waals surface area contributed by atoms with Crippen molar-refractivity contribution in [2.45, 2.75) is 25.8 Å². The quantitative estimate of drug-likeness (QED) is 0.881. The number of nitrogens with zero attached hydrogens (tertiary/aromatic N) is 1. The fourth-order valence-electron chi connectivity index (χ4n) is 2.25. The molecule has 3 N–H and O–H groups in total. The topological polar surface area (TPSA) is 75.4 Å². The van der Waals surface area contributed by atoms with E-state index in [1.807, 2.05) is 31.2 Å². The van der Waals surface area contributed by atoms with Crippen LogP contribution in [-0.2, 0) is 9.59 Å². The second-order valence-corrected chi connectivity index (χ2v) is 4.73. The zero-order valence-electron chi connectivity index (χ0n) is 11.5. The van der Waals surface area contributed by atoms with Gasteiger partial charge in [-0.15, -0.1) is 12.4 Å². The molecule has 0 aromatic heterocycles. The van der Waals surface area contributed by atoms with Crippen LogP contribution in [0.2, 0.25) is 0 Å². The van der Waals surface area contributed by atoms with E-state index in [0.717, 1.165) is 24.2 Å². The smallest absolute Gasteiger partial charge is 0.234 e. The number of nitrogens with one attached hydrogen (secondary N) is 1. The van der Waals surface area contributed by atoms with Crippen molar-refractivity contribution in [1.29, 1.82) is 0 Å². The molecule has 1 unspecified atom stereocenters. The van der Waals surface area contributed by atoms with Crippen molar-refractivity contribution in [2.75, 3.05) is 18.0 Å². The fraction of sp³-hybridized carbons (Fsp3) is 0.429. The van der Waals surface area contributed by atoms with Crippen LogP contribution in [0.5, 0.6) is 0 Å². The number of hydrogen-bond donors (Lipinski definition) is 2. The van der Waals surface area contributed by atoms with Gasteiger partial charge in [-0.05, 0) is 31.0 Å². The average Bonchev–Trinajstić information content (AvgIpc) is 2.85. The molecule has 1 saturated heterocycles. The second kappa shape index (κ2) is 7.26. The van der Waals surface area contributed by atoms with Gasteiger partial charge >= 0.3 is 0 Å². The summed E-state index contributed by atoms with van der Waals surface area (Å²) in [5, 5.41) is 2.80. The van der Waals surface area contributed by atoms with E-state index >= 15 is 0 Å². The van der Waals surface area contributed by atoms with Crippen molar-refractivity contribution >= 4 is 29.9 Å². The van der Waals surface area contributed by atoms with Crippen molar-refractivity contribution in [3.8, 4) is 0 Å². The van der Waals surface area contributed by atoms with Crippen molar-refractivity contribution < 1.29 is 9.59 Å². The van der Waals surface area contributed by atoms with Crippen LogP contribution in [0.25, 0.3) is 0 Å². The summed E-state index contributed by atoms with van der Waals surface area (Å²) in [5.41, 5.74) is 7.18. The van der Waals surface area contributed by atoms with Gasteiger partial charge in [0.15, 0.2) is 0 Å². The predicted molar refractivity (Wildman–Crippen MR) is 80.9 cm³/mol. The standard InChI is InChI=1S/C14H19N3O2.ClH/c1-10(16-13(18)9-15)11-4-6-12(7-5-11)17-8-2-3-14(17)19;/h4-7,10H,2-3,8-9,15H2,1H3,(H,16,18);1H. The minimum atomic E-state index is -0.175. The lowest BCUT2D eigenvalue weighted by molar-refractivity contribution is -0.120. The first kappa shape index (κ1) is 16.5. The Kier molecular flexibility index (Phi) is 5.98. The molecular formula is C14H20ClN3O2. The lowest BCUT2D eigenvalue weighted by Crippen LogP contribution is -2.32. The third-order valence-corrected chi connectivity index (χ3v) is 3.34. The van der Waals surface area contributed by atoms with E-state index in [9.17, 15) is 9.59 Å². The van der Waals surface area contributed by atoms with E-state index in [1.165, 1.54) is 0 Å². The molecule has 1 aromatic carbocycles. The van der Waals surface area contributed by atoms with Crippen LogP contribution in [0, 0.1) is 0 Å². The highest BCUT2D eigenvalue weighted by Crippen LogP contribution is 2.23. The normalized spacial score (nSPS) is 15.7. The highest BCUT2D eigenvalue weighted by Gasteiger charge is 2.21. The number of amides is 2. The van der Waals surface area contributed by atoms with Crippen LogP contribution in [0.3, 0.4) is 0 Å². The SMILES string of the molecule is CC(NC(=O)CN)c1ccc(N2CCCC2=O)cc1.Cl. The van der Waals surface area contributed by atoms with Gasteiger partial charge in [-0.3, -0.25) is 9.59 Å². The van der Waals surface area contributed by atoms with E-state index in [-0.39, 0.29) is 36.8 Å². The second-order valence-electron chi connectivity index (χ2n) is 4.73. The summed E-state index contributed by atoms with van der Waals surface area (Å²) in [5.74, 6) is 0.00327. The highest BCUT2D eigenvalue weighted by atomic mass is 35.5. The van der Waals surface area contributed by atoms with Gasteiger partial charge in [0.25, 0.3) is 0 Å². The number of carbonyl (C=O) groups excluding carboxylic acids is 2. The van der Waals surface area contributed by atoms with E-state index < -0.39 is 0 Å². The summed E-state index contributed by atoms with van der Waals surface area (Å²) in [4.78, 5) is 24.7. The molecule has 2 rings (SSSR count). The Balaban J connectivity index is 0.00000200. The maximum absolute atomic E-state index is 11.6. The zero-order valence-corrected chi connectivity index (χ0v) is 12.3. The Bertz CT molecular complexity index is 476. The first-order valence-electron chi connectivity index (χ1n) is 6.51. The maximum Gasteiger partial charge on any atom is 0.234 e. The molecule has 2 amide bonds. The number of anilines is 1. The van der Waals surface area contributed by atoms with Gasteiger partial charge in [0.1, 0.15) is 0 Å². The monoisotopic (exact) mass is 297 g/mol. The van der Waals surface area contributed by atoms with Gasteiger partial charge in [0, 0.05) is 18.7 Å². The Morgan fingerprint density at radius 1 is 1.40 bits per heavy atom. The van der Waals surface area contributed by atoms with E-state index in [1.54, 1.807) is 4.90 Å². The molecule has 1 aliphatic heterocycles. The van der Waals surface area contributed by atoms with Crippen LogP contribution in [0.15, 0.2) is 24.3 Å². The van der Waals surface area contributed by atoms with E-state index in [2.05, 4.69) is 5.32 Å². The van der Waals surface area contributed by atoms with Gasteiger partial charge in [-0.2, -0.15) is 0 Å². The highest BCUT2D eigenvalue weighted by molar-refractivity contribution is 5.95. The number of hydrogen-bond acceptors (Lipinski definition) is 3. The first-order chi connectivity index (χ1) is 9.11. The average molecular weight is 298 g/mol. The largest absolute Gasteiger partial charge is 0.348 e. The first-order valence-corrected chi connectivity index (χ1v) is 6.51. The Labute approximate surface area is 124 Å². The molecule has 1 heterocycles. The van der Waals surface area contributed by atoms with Gasteiger partial charge in [0.2, 0.25) is 11.8 Å². The molecule has 1 aromatic rings. The third kappa shape index (κ3) is 3.71. The van der Waals surface area contributed by atoms with Gasteiger partial charge in [-0.1, -0.05) is 12.1 Å².